The second-order valence-electron chi connectivity index (χ2n) is 3.60. The summed E-state index contributed by atoms with van der Waals surface area (Å²) in [6.07, 6.45) is 3.84. The zero-order valence-electron chi connectivity index (χ0n) is 9.10. The molecule has 2 rings (SSSR count). The van der Waals surface area contributed by atoms with Crippen molar-refractivity contribution in [2.24, 2.45) is 0 Å². The average molecular weight is 225 g/mol. The van der Waals surface area contributed by atoms with Crippen LogP contribution in [-0.2, 0) is 11.2 Å². The molecule has 0 spiro atoms. The van der Waals surface area contributed by atoms with Crippen LogP contribution in [0.3, 0.4) is 0 Å². The molecule has 0 radical (unpaired) electrons. The highest BCUT2D eigenvalue weighted by atomic mass is 16.1. The van der Waals surface area contributed by atoms with Gasteiger partial charge in [-0.2, -0.15) is 5.26 Å². The van der Waals surface area contributed by atoms with Gasteiger partial charge in [0.25, 0.3) is 0 Å². The van der Waals surface area contributed by atoms with E-state index < -0.39 is 0 Å². The van der Waals surface area contributed by atoms with E-state index in [0.29, 0.717) is 17.7 Å². The number of rotatable bonds is 3. The summed E-state index contributed by atoms with van der Waals surface area (Å²) in [5.41, 5.74) is 1.93. The lowest BCUT2D eigenvalue weighted by Crippen LogP contribution is -2.14. The summed E-state index contributed by atoms with van der Waals surface area (Å²) in [5.74, 6) is -0.132. The second kappa shape index (κ2) is 4.99. The molecule has 4 nitrogen and oxygen atoms in total. The summed E-state index contributed by atoms with van der Waals surface area (Å²) in [7, 11) is 0. The van der Waals surface area contributed by atoms with Crippen LogP contribution in [0, 0.1) is 11.3 Å². The number of carbonyl (C=O) groups excluding carboxylic acids is 1. The van der Waals surface area contributed by atoms with E-state index in [-0.39, 0.29) is 5.91 Å². The minimum atomic E-state index is -0.132. The highest BCUT2D eigenvalue weighted by Crippen LogP contribution is 2.13. The van der Waals surface area contributed by atoms with Crippen molar-refractivity contribution in [3.05, 3.63) is 53.9 Å². The summed E-state index contributed by atoms with van der Waals surface area (Å²) in [4.78, 5) is 14.6. The van der Waals surface area contributed by atoms with Crippen molar-refractivity contribution in [2.45, 2.75) is 6.42 Å². The van der Waals surface area contributed by atoms with E-state index in [1.165, 1.54) is 0 Å². The van der Waals surface area contributed by atoms with Crippen LogP contribution < -0.4 is 5.32 Å². The van der Waals surface area contributed by atoms with E-state index in [9.17, 15) is 4.79 Å². The van der Waals surface area contributed by atoms with Gasteiger partial charge < -0.3 is 10.3 Å². The number of H-pyrrole nitrogens is 1. The van der Waals surface area contributed by atoms with Crippen LogP contribution in [0.1, 0.15) is 11.1 Å². The Labute approximate surface area is 98.9 Å². The highest BCUT2D eigenvalue weighted by molar-refractivity contribution is 5.93. The molecule has 1 amide bonds. The summed E-state index contributed by atoms with van der Waals surface area (Å²) >= 11 is 0. The smallest absolute Gasteiger partial charge is 0.228 e. The number of aromatic amines is 1. The van der Waals surface area contributed by atoms with Gasteiger partial charge in [-0.15, -0.1) is 0 Å². The third kappa shape index (κ3) is 2.73. The van der Waals surface area contributed by atoms with Gasteiger partial charge in [0, 0.05) is 12.4 Å². The maximum absolute atomic E-state index is 11.7. The number of benzene rings is 1. The van der Waals surface area contributed by atoms with Gasteiger partial charge in [0.05, 0.1) is 17.7 Å². The number of anilines is 1. The highest BCUT2D eigenvalue weighted by Gasteiger charge is 2.07. The van der Waals surface area contributed by atoms with E-state index in [2.05, 4.69) is 10.3 Å². The summed E-state index contributed by atoms with van der Waals surface area (Å²) < 4.78 is 0. The van der Waals surface area contributed by atoms with Gasteiger partial charge in [0.2, 0.25) is 5.91 Å². The number of amides is 1. The molecule has 0 atom stereocenters. The zero-order valence-corrected chi connectivity index (χ0v) is 9.10. The summed E-state index contributed by atoms with van der Waals surface area (Å²) in [6, 6.07) is 10.8. The largest absolute Gasteiger partial charge is 0.367 e. The van der Waals surface area contributed by atoms with Crippen molar-refractivity contribution < 1.29 is 4.79 Å². The molecule has 1 heterocycles. The predicted molar refractivity (Wildman–Crippen MR) is 64.3 cm³/mol. The lowest BCUT2D eigenvalue weighted by molar-refractivity contribution is -0.115. The number of carbonyl (C=O) groups is 1. The molecule has 2 aromatic rings. The maximum Gasteiger partial charge on any atom is 0.228 e. The minimum absolute atomic E-state index is 0.132. The number of aromatic nitrogens is 1. The molecular weight excluding hydrogens is 214 g/mol. The van der Waals surface area contributed by atoms with Crippen molar-refractivity contribution >= 4 is 11.6 Å². The average Bonchev–Trinajstić information content (AvgIpc) is 2.82. The van der Waals surface area contributed by atoms with E-state index in [4.69, 9.17) is 5.26 Å². The molecule has 0 aliphatic rings. The molecule has 0 aliphatic heterocycles. The third-order valence-corrected chi connectivity index (χ3v) is 2.35. The van der Waals surface area contributed by atoms with Gasteiger partial charge in [-0.1, -0.05) is 12.1 Å². The molecule has 0 bridgehead atoms. The van der Waals surface area contributed by atoms with Crippen molar-refractivity contribution in [1.29, 1.82) is 5.26 Å². The van der Waals surface area contributed by atoms with E-state index in [0.717, 1.165) is 5.56 Å². The number of nitriles is 1. The molecule has 4 heteroatoms. The first-order valence-corrected chi connectivity index (χ1v) is 5.20. The van der Waals surface area contributed by atoms with Crippen LogP contribution in [-0.4, -0.2) is 10.9 Å². The van der Waals surface area contributed by atoms with Gasteiger partial charge in [-0.3, -0.25) is 4.79 Å². The molecule has 0 fully saturated rings. The fourth-order valence-electron chi connectivity index (χ4n) is 1.54. The van der Waals surface area contributed by atoms with Crippen LogP contribution >= 0.6 is 0 Å². The Kier molecular flexibility index (Phi) is 3.22. The fraction of sp³-hybridized carbons (Fsp3) is 0.0769. The van der Waals surface area contributed by atoms with Crippen molar-refractivity contribution in [3.63, 3.8) is 0 Å². The molecule has 0 aliphatic carbocycles. The van der Waals surface area contributed by atoms with Crippen molar-refractivity contribution in [3.8, 4) is 6.07 Å². The number of nitrogens with zero attached hydrogens (tertiary/aromatic N) is 1. The van der Waals surface area contributed by atoms with Crippen LogP contribution in [0.5, 0.6) is 0 Å². The second-order valence-corrected chi connectivity index (χ2v) is 3.60. The number of hydrogen-bond donors (Lipinski definition) is 2. The maximum atomic E-state index is 11.7. The first kappa shape index (κ1) is 11.0. The Balaban J connectivity index is 2.06. The van der Waals surface area contributed by atoms with Gasteiger partial charge >= 0.3 is 0 Å². The molecule has 84 valence electrons. The Hall–Kier alpha value is -2.54. The summed E-state index contributed by atoms with van der Waals surface area (Å²) in [6.45, 7) is 0. The molecule has 0 saturated carbocycles. The predicted octanol–water partition coefficient (Wildman–Crippen LogP) is 2.07. The quantitative estimate of drug-likeness (QED) is 0.839. The fourth-order valence-corrected chi connectivity index (χ4v) is 1.54. The first-order chi connectivity index (χ1) is 8.29. The Bertz CT molecular complexity index is 552. The van der Waals surface area contributed by atoms with Gasteiger partial charge in [-0.05, 0) is 23.8 Å². The molecule has 0 unspecified atom stereocenters. The number of para-hydroxylation sites is 1. The number of nitrogens with one attached hydrogen (secondary N) is 2. The minimum Gasteiger partial charge on any atom is -0.367 e. The van der Waals surface area contributed by atoms with Crippen LogP contribution in [0.15, 0.2) is 42.7 Å². The molecule has 17 heavy (non-hydrogen) atoms. The third-order valence-electron chi connectivity index (χ3n) is 2.35. The van der Waals surface area contributed by atoms with Crippen LogP contribution in [0.2, 0.25) is 0 Å². The Morgan fingerprint density at radius 2 is 2.18 bits per heavy atom. The summed E-state index contributed by atoms with van der Waals surface area (Å²) in [5, 5.41) is 11.6. The van der Waals surface area contributed by atoms with E-state index in [1.54, 1.807) is 36.7 Å². The standard InChI is InChI=1S/C13H11N3O/c14-8-11-3-1-2-4-12(11)16-13(17)7-10-5-6-15-9-10/h1-6,9,15H,7H2,(H,16,17). The molecule has 2 N–H and O–H groups in total. The Morgan fingerprint density at radius 1 is 1.35 bits per heavy atom. The first-order valence-electron chi connectivity index (χ1n) is 5.20. The van der Waals surface area contributed by atoms with E-state index >= 15 is 0 Å². The van der Waals surface area contributed by atoms with Gasteiger partial charge in [0.15, 0.2) is 0 Å². The number of hydrogen-bond acceptors (Lipinski definition) is 2. The lowest BCUT2D eigenvalue weighted by atomic mass is 10.2. The zero-order chi connectivity index (χ0) is 12.1. The van der Waals surface area contributed by atoms with Gasteiger partial charge in [-0.25, -0.2) is 0 Å². The topological polar surface area (TPSA) is 68.7 Å². The molecule has 0 saturated heterocycles. The molecule has 1 aromatic carbocycles. The SMILES string of the molecule is N#Cc1ccccc1NC(=O)Cc1cc[nH]c1. The molecule has 1 aromatic heterocycles. The monoisotopic (exact) mass is 225 g/mol. The van der Waals surface area contributed by atoms with Crippen molar-refractivity contribution in [1.82, 2.24) is 4.98 Å². The van der Waals surface area contributed by atoms with Crippen LogP contribution in [0.4, 0.5) is 5.69 Å². The van der Waals surface area contributed by atoms with E-state index in [1.807, 2.05) is 12.1 Å². The van der Waals surface area contributed by atoms with Crippen molar-refractivity contribution in [2.75, 3.05) is 5.32 Å². The van der Waals surface area contributed by atoms with Crippen LogP contribution in [0.25, 0.3) is 0 Å². The molecular formula is C13H11N3O. The lowest BCUT2D eigenvalue weighted by Gasteiger charge is -2.05. The van der Waals surface area contributed by atoms with Gasteiger partial charge in [0.1, 0.15) is 6.07 Å². The normalized spacial score (nSPS) is 9.59. The Morgan fingerprint density at radius 3 is 2.88 bits per heavy atom.